The van der Waals surface area contributed by atoms with Gasteiger partial charge in [0.15, 0.2) is 11.5 Å². The van der Waals surface area contributed by atoms with Crippen LogP contribution in [0, 0.1) is 0 Å². The number of benzene rings is 2. The van der Waals surface area contributed by atoms with Crippen LogP contribution < -0.4 is 15.8 Å². The van der Waals surface area contributed by atoms with Gasteiger partial charge in [-0.2, -0.15) is 0 Å². The Kier molecular flexibility index (Phi) is 8.64. The molecule has 236 valence electrons. The minimum absolute atomic E-state index is 0.0400. The molecular formula is C36H44N6O3. The number of aromatic nitrogens is 3. The molecule has 9 nitrogen and oxygen atoms in total. The van der Waals surface area contributed by atoms with Crippen molar-refractivity contribution in [3.8, 4) is 5.75 Å². The Bertz CT molecular complexity index is 1710. The number of amides is 2. The average Bonchev–Trinajstić information content (AvgIpc) is 3.62. The van der Waals surface area contributed by atoms with Gasteiger partial charge in [0.05, 0.1) is 12.2 Å². The number of hydrogen-bond acceptors (Lipinski definition) is 6. The number of anilines is 1. The first-order valence-electron chi connectivity index (χ1n) is 16.1. The van der Waals surface area contributed by atoms with Gasteiger partial charge in [0.25, 0.3) is 0 Å². The zero-order valence-corrected chi connectivity index (χ0v) is 26.8. The molecule has 2 aromatic heterocycles. The fourth-order valence-corrected chi connectivity index (χ4v) is 6.86. The molecule has 2 amide bonds. The van der Waals surface area contributed by atoms with Crippen molar-refractivity contribution in [3.05, 3.63) is 88.9 Å². The van der Waals surface area contributed by atoms with E-state index in [1.165, 1.54) is 17.5 Å². The molecule has 1 saturated heterocycles. The molecule has 2 aliphatic rings. The van der Waals surface area contributed by atoms with Gasteiger partial charge in [0.1, 0.15) is 11.9 Å². The molecule has 3 atom stereocenters. The maximum atomic E-state index is 12.9. The summed E-state index contributed by atoms with van der Waals surface area (Å²) in [6.45, 7) is 7.28. The van der Waals surface area contributed by atoms with Crippen LogP contribution in [-0.4, -0.2) is 44.9 Å². The van der Waals surface area contributed by atoms with E-state index >= 15 is 0 Å². The molecule has 1 aliphatic carbocycles. The second kappa shape index (κ2) is 12.6. The highest BCUT2D eigenvalue weighted by Gasteiger charge is 2.30. The summed E-state index contributed by atoms with van der Waals surface area (Å²) in [7, 11) is 2.15. The Balaban J connectivity index is 1.10. The molecule has 1 fully saturated rings. The lowest BCUT2D eigenvalue weighted by Gasteiger charge is -2.32. The Hall–Kier alpha value is -4.24. The minimum Gasteiger partial charge on any atom is -0.484 e. The lowest BCUT2D eigenvalue weighted by atomic mass is 9.79. The van der Waals surface area contributed by atoms with Gasteiger partial charge in [0, 0.05) is 17.7 Å². The number of likely N-dealkylation sites (tertiary alicyclic amines) is 1. The third-order valence-electron chi connectivity index (χ3n) is 9.38. The molecule has 0 unspecified atom stereocenters. The van der Waals surface area contributed by atoms with Crippen LogP contribution in [0.25, 0.3) is 5.65 Å². The normalized spacial score (nSPS) is 20.2. The van der Waals surface area contributed by atoms with E-state index in [2.05, 4.69) is 76.9 Å². The number of nitrogens with one attached hydrogen (secondary N) is 1. The van der Waals surface area contributed by atoms with Crippen molar-refractivity contribution in [2.45, 2.75) is 89.2 Å². The monoisotopic (exact) mass is 608 g/mol. The molecular weight excluding hydrogens is 564 g/mol. The van der Waals surface area contributed by atoms with Gasteiger partial charge >= 0.3 is 0 Å². The number of fused-ring (bicyclic) bond motifs is 2. The van der Waals surface area contributed by atoms with Crippen LogP contribution in [0.1, 0.15) is 117 Å². The summed E-state index contributed by atoms with van der Waals surface area (Å²) in [5, 5.41) is 11.9. The zero-order chi connectivity index (χ0) is 31.7. The average molecular weight is 609 g/mol. The van der Waals surface area contributed by atoms with Crippen molar-refractivity contribution in [1.82, 2.24) is 19.5 Å². The number of nitrogens with zero attached hydrogens (tertiary/aromatic N) is 4. The number of carbonyl (C=O) groups excluding carboxylic acids is 2. The van der Waals surface area contributed by atoms with Crippen molar-refractivity contribution >= 4 is 23.1 Å². The van der Waals surface area contributed by atoms with E-state index in [0.29, 0.717) is 23.6 Å². The van der Waals surface area contributed by atoms with Gasteiger partial charge < -0.3 is 15.8 Å². The Morgan fingerprint density at radius 1 is 1.02 bits per heavy atom. The van der Waals surface area contributed by atoms with Gasteiger partial charge in [-0.3, -0.25) is 18.9 Å². The standard InChI is InChI=1S/C36H44N6O3/c1-36(2,3)25-19-24(34(37)44)20-26(21-25)38-33(43)13-7-9-23-14-16-31(29-11-6-5-10-28(23)29)45-27-15-17-32-39-40-35(42(32)22-27)30-12-8-18-41(30)4/h5-6,10-11,15,17,19-23,30-31H,7-9,12-14,16,18H2,1-4H3,(H2,37,44)(H,38,43)/t23-,30-,31+/m0/s1. The first kappa shape index (κ1) is 30.8. The molecule has 2 aromatic carbocycles. The smallest absolute Gasteiger partial charge is 0.248 e. The maximum absolute atomic E-state index is 12.9. The number of pyridine rings is 1. The van der Waals surface area contributed by atoms with Crippen LogP contribution in [0.3, 0.4) is 0 Å². The molecule has 0 bridgehead atoms. The molecule has 0 saturated carbocycles. The topological polar surface area (TPSA) is 115 Å². The molecule has 0 spiro atoms. The van der Waals surface area contributed by atoms with E-state index in [1.807, 2.05) is 24.4 Å². The van der Waals surface area contributed by atoms with Crippen LogP contribution in [0.5, 0.6) is 5.75 Å². The van der Waals surface area contributed by atoms with Crippen molar-refractivity contribution < 1.29 is 14.3 Å². The third kappa shape index (κ3) is 6.73. The summed E-state index contributed by atoms with van der Waals surface area (Å²) in [5.74, 6) is 1.59. The van der Waals surface area contributed by atoms with E-state index in [4.69, 9.17) is 10.5 Å². The van der Waals surface area contributed by atoms with Crippen LogP contribution >= 0.6 is 0 Å². The summed E-state index contributed by atoms with van der Waals surface area (Å²) >= 11 is 0. The van der Waals surface area contributed by atoms with Crippen LogP contribution in [0.15, 0.2) is 60.8 Å². The van der Waals surface area contributed by atoms with E-state index in [-0.39, 0.29) is 23.5 Å². The first-order chi connectivity index (χ1) is 21.6. The number of primary amides is 1. The second-order valence-corrected chi connectivity index (χ2v) is 13.7. The van der Waals surface area contributed by atoms with Gasteiger partial charge in [0.2, 0.25) is 11.8 Å². The highest BCUT2D eigenvalue weighted by molar-refractivity contribution is 5.96. The van der Waals surface area contributed by atoms with Crippen molar-refractivity contribution in [3.63, 3.8) is 0 Å². The fourth-order valence-electron chi connectivity index (χ4n) is 6.86. The predicted molar refractivity (Wildman–Crippen MR) is 176 cm³/mol. The number of hydrogen-bond donors (Lipinski definition) is 2. The third-order valence-corrected chi connectivity index (χ3v) is 9.38. The molecule has 3 N–H and O–H groups in total. The van der Waals surface area contributed by atoms with Gasteiger partial charge in [-0.05, 0) is 110 Å². The highest BCUT2D eigenvalue weighted by atomic mass is 16.5. The van der Waals surface area contributed by atoms with E-state index in [0.717, 1.165) is 61.4 Å². The summed E-state index contributed by atoms with van der Waals surface area (Å²) in [5.41, 5.74) is 10.7. The highest BCUT2D eigenvalue weighted by Crippen LogP contribution is 2.42. The predicted octanol–water partition coefficient (Wildman–Crippen LogP) is 6.70. The molecule has 4 aromatic rings. The summed E-state index contributed by atoms with van der Waals surface area (Å²) in [6, 6.07) is 18.2. The Morgan fingerprint density at radius 2 is 1.82 bits per heavy atom. The van der Waals surface area contributed by atoms with Gasteiger partial charge in [-0.15, -0.1) is 10.2 Å². The van der Waals surface area contributed by atoms with Crippen LogP contribution in [0.2, 0.25) is 0 Å². The largest absolute Gasteiger partial charge is 0.484 e. The molecule has 3 heterocycles. The molecule has 45 heavy (non-hydrogen) atoms. The lowest BCUT2D eigenvalue weighted by Crippen LogP contribution is -2.20. The first-order valence-corrected chi connectivity index (χ1v) is 16.1. The Labute approximate surface area is 265 Å². The SMILES string of the molecule is CN1CCC[C@H]1c1nnc2ccc(O[C@@H]3CC[C@H](CCCC(=O)Nc4cc(C(N)=O)cc(C(C)(C)C)c4)c4ccccc43)cn12. The number of rotatable bonds is 9. The fraction of sp³-hybridized carbons (Fsp3) is 0.444. The van der Waals surface area contributed by atoms with Crippen molar-refractivity contribution in [2.24, 2.45) is 5.73 Å². The molecule has 9 heteroatoms. The minimum atomic E-state index is -0.504. The van der Waals surface area contributed by atoms with E-state index < -0.39 is 5.91 Å². The molecule has 0 radical (unpaired) electrons. The summed E-state index contributed by atoms with van der Waals surface area (Å²) in [6.07, 6.45) is 8.23. The zero-order valence-electron chi connectivity index (χ0n) is 26.8. The Morgan fingerprint density at radius 3 is 2.56 bits per heavy atom. The number of carbonyl (C=O) groups is 2. The van der Waals surface area contributed by atoms with Crippen LogP contribution in [0.4, 0.5) is 5.69 Å². The number of nitrogens with two attached hydrogens (primary N) is 1. The van der Waals surface area contributed by atoms with Crippen molar-refractivity contribution in [2.75, 3.05) is 18.9 Å². The van der Waals surface area contributed by atoms with Crippen LogP contribution in [-0.2, 0) is 10.2 Å². The number of ether oxygens (including phenoxy) is 1. The van der Waals surface area contributed by atoms with Crippen molar-refractivity contribution in [1.29, 1.82) is 0 Å². The van der Waals surface area contributed by atoms with E-state index in [9.17, 15) is 9.59 Å². The van der Waals surface area contributed by atoms with Gasteiger partial charge in [-0.25, -0.2) is 0 Å². The quantitative estimate of drug-likeness (QED) is 0.219. The summed E-state index contributed by atoms with van der Waals surface area (Å²) in [4.78, 5) is 27.2. The summed E-state index contributed by atoms with van der Waals surface area (Å²) < 4.78 is 8.72. The molecule has 6 rings (SSSR count). The maximum Gasteiger partial charge on any atom is 0.248 e. The molecule has 1 aliphatic heterocycles. The van der Waals surface area contributed by atoms with E-state index in [1.54, 1.807) is 12.1 Å². The second-order valence-electron chi connectivity index (χ2n) is 13.7. The lowest BCUT2D eigenvalue weighted by molar-refractivity contribution is -0.116. The van der Waals surface area contributed by atoms with Gasteiger partial charge in [-0.1, -0.05) is 45.0 Å².